The largest absolute Gasteiger partial charge is 0.412 e. The molecule has 1 rings (SSSR count). The summed E-state index contributed by atoms with van der Waals surface area (Å²) in [5.74, 6) is 0. The van der Waals surface area contributed by atoms with Crippen LogP contribution in [0.5, 0.6) is 0 Å². The Morgan fingerprint density at radius 3 is 1.95 bits per heavy atom. The molecule has 114 valence electrons. The summed E-state index contributed by atoms with van der Waals surface area (Å²) in [6.45, 7) is 17.0. The number of rotatable bonds is 6. The van der Waals surface area contributed by atoms with Crippen molar-refractivity contribution < 1.29 is 4.43 Å². The van der Waals surface area contributed by atoms with Crippen LogP contribution in [0, 0.1) is 10.5 Å². The van der Waals surface area contributed by atoms with Gasteiger partial charge in [-0.3, -0.25) is 0 Å². The molecule has 0 bridgehead atoms. The first-order chi connectivity index (χ1) is 9.21. The Labute approximate surface area is 139 Å². The zero-order valence-corrected chi connectivity index (χ0v) is 17.1. The lowest BCUT2D eigenvalue weighted by atomic mass is 10.1. The van der Waals surface area contributed by atoms with E-state index in [9.17, 15) is 0 Å². The monoisotopic (exact) mass is 404 g/mol. The van der Waals surface area contributed by atoms with Crippen molar-refractivity contribution in [2.75, 3.05) is 0 Å². The van der Waals surface area contributed by atoms with Gasteiger partial charge in [0.1, 0.15) is 0 Å². The van der Waals surface area contributed by atoms with E-state index < -0.39 is 8.32 Å². The number of hydrogen-bond acceptors (Lipinski definition) is 1. The summed E-state index contributed by atoms with van der Waals surface area (Å²) in [5.41, 5.74) is 4.61. The van der Waals surface area contributed by atoms with Crippen molar-refractivity contribution in [3.8, 4) is 0 Å². The highest BCUT2D eigenvalue weighted by Crippen LogP contribution is 2.42. The lowest BCUT2D eigenvalue weighted by Gasteiger charge is -2.42. The van der Waals surface area contributed by atoms with E-state index in [0.717, 1.165) is 6.61 Å². The average molecular weight is 404 g/mol. The fourth-order valence-electron chi connectivity index (χ4n) is 3.50. The minimum Gasteiger partial charge on any atom is -0.412 e. The van der Waals surface area contributed by atoms with Crippen LogP contribution in [0.1, 0.15) is 52.7 Å². The van der Waals surface area contributed by atoms with Crippen molar-refractivity contribution in [1.82, 2.24) is 0 Å². The van der Waals surface area contributed by atoms with Gasteiger partial charge in [0, 0.05) is 3.57 Å². The van der Waals surface area contributed by atoms with Gasteiger partial charge in [-0.1, -0.05) is 47.6 Å². The summed E-state index contributed by atoms with van der Waals surface area (Å²) >= 11 is 2.38. The molecule has 0 aromatic heterocycles. The third-order valence-electron chi connectivity index (χ3n) is 4.50. The number of aryl methyl sites for hydroxylation is 1. The van der Waals surface area contributed by atoms with Crippen molar-refractivity contribution in [1.29, 1.82) is 0 Å². The van der Waals surface area contributed by atoms with Crippen LogP contribution in [-0.4, -0.2) is 8.32 Å². The van der Waals surface area contributed by atoms with E-state index in [1.807, 2.05) is 0 Å². The zero-order valence-electron chi connectivity index (χ0n) is 14.0. The van der Waals surface area contributed by atoms with Gasteiger partial charge in [-0.25, -0.2) is 0 Å². The Morgan fingerprint density at radius 2 is 1.50 bits per heavy atom. The molecule has 0 atom stereocenters. The van der Waals surface area contributed by atoms with E-state index in [4.69, 9.17) is 4.43 Å². The second-order valence-corrected chi connectivity index (χ2v) is 13.4. The van der Waals surface area contributed by atoms with E-state index in [1.165, 1.54) is 14.7 Å². The maximum atomic E-state index is 6.67. The molecule has 0 unspecified atom stereocenters. The van der Waals surface area contributed by atoms with Gasteiger partial charge in [0.05, 0.1) is 6.61 Å². The highest BCUT2D eigenvalue weighted by atomic mass is 127. The summed E-state index contributed by atoms with van der Waals surface area (Å²) < 4.78 is 7.96. The molecule has 0 saturated heterocycles. The molecule has 3 heteroatoms. The van der Waals surface area contributed by atoms with Crippen molar-refractivity contribution in [3.05, 3.63) is 32.9 Å². The summed E-state index contributed by atoms with van der Waals surface area (Å²) in [5, 5.41) is 0. The standard InChI is InChI=1S/C17H29IOSi/c1-12(2)20(13(3)4,14(5)6)19-11-16-10-17(18)9-8-15(16)7/h8-10,12-14H,11H2,1-7H3. The van der Waals surface area contributed by atoms with Gasteiger partial charge in [-0.05, 0) is 69.4 Å². The molecule has 0 fully saturated rings. The van der Waals surface area contributed by atoms with Crippen molar-refractivity contribution in [3.63, 3.8) is 0 Å². The third-order valence-corrected chi connectivity index (χ3v) is 11.2. The first-order valence-corrected chi connectivity index (χ1v) is 10.8. The third kappa shape index (κ3) is 3.86. The molecular weight excluding hydrogens is 375 g/mol. The first kappa shape index (κ1) is 18.2. The number of hydrogen-bond donors (Lipinski definition) is 0. The summed E-state index contributed by atoms with van der Waals surface area (Å²) in [6, 6.07) is 6.62. The van der Waals surface area contributed by atoms with Crippen molar-refractivity contribution >= 4 is 30.9 Å². The predicted molar refractivity (Wildman–Crippen MR) is 99.7 cm³/mol. The fraction of sp³-hybridized carbons (Fsp3) is 0.647. The average Bonchev–Trinajstić information content (AvgIpc) is 2.32. The lowest BCUT2D eigenvalue weighted by Crippen LogP contribution is -2.47. The van der Waals surface area contributed by atoms with E-state index in [0.29, 0.717) is 16.6 Å². The minimum absolute atomic E-state index is 0.644. The number of halogens is 1. The molecule has 0 heterocycles. The van der Waals surface area contributed by atoms with E-state index in [1.54, 1.807) is 0 Å². The lowest BCUT2D eigenvalue weighted by molar-refractivity contribution is 0.265. The van der Waals surface area contributed by atoms with Crippen LogP contribution in [0.2, 0.25) is 16.6 Å². The molecule has 1 aromatic rings. The van der Waals surface area contributed by atoms with Crippen LogP contribution in [0.15, 0.2) is 18.2 Å². The Morgan fingerprint density at radius 1 is 1.00 bits per heavy atom. The second-order valence-electron chi connectivity index (χ2n) is 6.68. The maximum Gasteiger partial charge on any atom is 0.200 e. The van der Waals surface area contributed by atoms with Crippen LogP contribution < -0.4 is 0 Å². The van der Waals surface area contributed by atoms with Crippen LogP contribution >= 0.6 is 22.6 Å². The maximum absolute atomic E-state index is 6.67. The van der Waals surface area contributed by atoms with Gasteiger partial charge in [0.15, 0.2) is 0 Å². The van der Waals surface area contributed by atoms with E-state index in [2.05, 4.69) is 89.3 Å². The molecule has 0 aliphatic rings. The normalized spacial score (nSPS) is 12.8. The highest BCUT2D eigenvalue weighted by molar-refractivity contribution is 14.1. The SMILES string of the molecule is Cc1ccc(I)cc1CO[Si](C(C)C)(C(C)C)C(C)C. The fourth-order valence-corrected chi connectivity index (χ4v) is 9.46. The molecule has 0 radical (unpaired) electrons. The Bertz CT molecular complexity index is 419. The molecule has 1 aromatic carbocycles. The summed E-state index contributed by atoms with van der Waals surface area (Å²) in [6.07, 6.45) is 0. The number of benzene rings is 1. The van der Waals surface area contributed by atoms with Crippen LogP contribution in [0.4, 0.5) is 0 Å². The van der Waals surface area contributed by atoms with Crippen molar-refractivity contribution in [2.45, 2.75) is 71.7 Å². The minimum atomic E-state index is -1.75. The van der Waals surface area contributed by atoms with Crippen LogP contribution in [0.25, 0.3) is 0 Å². The first-order valence-electron chi connectivity index (χ1n) is 7.60. The van der Waals surface area contributed by atoms with Gasteiger partial charge >= 0.3 is 0 Å². The van der Waals surface area contributed by atoms with Crippen molar-refractivity contribution in [2.24, 2.45) is 0 Å². The topological polar surface area (TPSA) is 9.23 Å². The molecule has 0 saturated carbocycles. The summed E-state index contributed by atoms with van der Waals surface area (Å²) in [7, 11) is -1.75. The van der Waals surface area contributed by atoms with Crippen LogP contribution in [0.3, 0.4) is 0 Å². The van der Waals surface area contributed by atoms with Gasteiger partial charge in [-0.2, -0.15) is 0 Å². The Hall–Kier alpha value is 0.127. The molecule has 0 aliphatic carbocycles. The summed E-state index contributed by atoms with van der Waals surface area (Å²) in [4.78, 5) is 0. The van der Waals surface area contributed by atoms with Crippen LogP contribution in [-0.2, 0) is 11.0 Å². The van der Waals surface area contributed by atoms with Gasteiger partial charge in [0.25, 0.3) is 0 Å². The quantitative estimate of drug-likeness (QED) is 0.400. The molecule has 20 heavy (non-hydrogen) atoms. The zero-order chi connectivity index (χ0) is 15.5. The molecule has 0 N–H and O–H groups in total. The molecular formula is C17H29IOSi. The molecule has 0 amide bonds. The molecule has 0 aliphatic heterocycles. The van der Waals surface area contributed by atoms with Gasteiger partial charge in [-0.15, -0.1) is 0 Å². The van der Waals surface area contributed by atoms with E-state index in [-0.39, 0.29) is 0 Å². The predicted octanol–water partition coefficient (Wildman–Crippen LogP) is 6.29. The Balaban J connectivity index is 3.00. The van der Waals surface area contributed by atoms with E-state index >= 15 is 0 Å². The highest BCUT2D eigenvalue weighted by Gasteiger charge is 2.44. The van der Waals surface area contributed by atoms with Gasteiger partial charge in [0.2, 0.25) is 8.32 Å². The molecule has 1 nitrogen and oxygen atoms in total. The Kier molecular flexibility index (Phi) is 6.73. The van der Waals surface area contributed by atoms with Gasteiger partial charge < -0.3 is 4.43 Å². The molecule has 0 spiro atoms. The smallest absolute Gasteiger partial charge is 0.200 e. The second kappa shape index (κ2) is 7.41.